The van der Waals surface area contributed by atoms with E-state index in [0.717, 1.165) is 0 Å². The summed E-state index contributed by atoms with van der Waals surface area (Å²) < 4.78 is 2.56. The Kier molecular flexibility index (Phi) is 9.55. The third-order valence-corrected chi connectivity index (χ3v) is 6.42. The number of hydrogen-bond acceptors (Lipinski definition) is 1. The largest absolute Gasteiger partial charge is 0.309 e. The van der Waals surface area contributed by atoms with Crippen molar-refractivity contribution in [2.24, 2.45) is 0 Å². The van der Waals surface area contributed by atoms with Crippen LogP contribution in [-0.2, 0) is 0 Å². The molecule has 0 rings (SSSR count). The van der Waals surface area contributed by atoms with E-state index >= 15 is 0 Å². The van der Waals surface area contributed by atoms with Crippen LogP contribution in [0.25, 0.3) is 0 Å². The molecule has 0 aliphatic rings. The van der Waals surface area contributed by atoms with Crippen LogP contribution < -0.4 is 0 Å². The number of halogens is 2. The quantitative estimate of drug-likeness (QED) is 0.514. The molecule has 0 aromatic carbocycles. The second-order valence-corrected chi connectivity index (χ2v) is 13.2. The van der Waals surface area contributed by atoms with Gasteiger partial charge in [0.05, 0.1) is 0 Å². The van der Waals surface area contributed by atoms with Crippen molar-refractivity contribution >= 4 is 36.8 Å². The molecule has 0 atom stereocenters. The average Bonchev–Trinajstić information content (AvgIpc) is 2.04. The molecule has 0 saturated carbocycles. The maximum Gasteiger partial charge on any atom is 0.257 e. The first-order valence-corrected chi connectivity index (χ1v) is 11.6. The minimum Gasteiger partial charge on any atom is -0.309 e. The van der Waals surface area contributed by atoms with E-state index in [4.69, 9.17) is 0 Å². The Hall–Kier alpha value is 1.14. The fourth-order valence-electron chi connectivity index (χ4n) is 1.03. The Labute approximate surface area is 93.7 Å². The summed E-state index contributed by atoms with van der Waals surface area (Å²) in [7, 11) is 0. The summed E-state index contributed by atoms with van der Waals surface area (Å²) in [6, 6.07) is 0. The van der Waals surface area contributed by atoms with Crippen LogP contribution in [0.1, 0.15) is 39.5 Å². The van der Waals surface area contributed by atoms with Gasteiger partial charge in [0, 0.05) is 0 Å². The molecule has 12 heavy (non-hydrogen) atoms. The molecule has 0 bridgehead atoms. The van der Waals surface area contributed by atoms with Crippen LogP contribution in [0, 0.1) is 0 Å². The Morgan fingerprint density at radius 2 is 1.42 bits per heavy atom. The van der Waals surface area contributed by atoms with Crippen LogP contribution in [-0.4, -0.2) is 23.9 Å². The standard InChI is InChI=1S/C8H19Br2NSi/c1-3-5-7-11(12(9)10)8-6-4-2/h12H,3-8H2,1-2H3. The first kappa shape index (κ1) is 13.1. The summed E-state index contributed by atoms with van der Waals surface area (Å²) in [4.78, 5) is 0. The van der Waals surface area contributed by atoms with Gasteiger partial charge in [-0.1, -0.05) is 57.3 Å². The van der Waals surface area contributed by atoms with E-state index < -0.39 is 6.20 Å². The average molecular weight is 317 g/mol. The lowest BCUT2D eigenvalue weighted by atomic mass is 10.3. The normalized spacial score (nSPS) is 11.5. The Morgan fingerprint density at radius 3 is 1.67 bits per heavy atom. The summed E-state index contributed by atoms with van der Waals surface area (Å²) in [5, 5.41) is 0. The molecule has 0 amide bonds. The highest BCUT2D eigenvalue weighted by Crippen LogP contribution is 2.11. The monoisotopic (exact) mass is 315 g/mol. The summed E-state index contributed by atoms with van der Waals surface area (Å²) >= 11 is 7.37. The number of unbranched alkanes of at least 4 members (excludes halogenated alkanes) is 2. The molecule has 0 heterocycles. The Morgan fingerprint density at radius 1 is 1.00 bits per heavy atom. The molecule has 4 heteroatoms. The third-order valence-electron chi connectivity index (χ3n) is 1.87. The topological polar surface area (TPSA) is 3.24 Å². The van der Waals surface area contributed by atoms with Crippen LogP contribution in [0.4, 0.5) is 0 Å². The molecule has 0 fully saturated rings. The van der Waals surface area contributed by atoms with E-state index in [-0.39, 0.29) is 0 Å². The molecular weight excluding hydrogens is 298 g/mol. The van der Waals surface area contributed by atoms with Crippen molar-refractivity contribution in [1.82, 2.24) is 4.57 Å². The molecular formula is C8H19Br2NSi. The molecule has 0 aliphatic carbocycles. The van der Waals surface area contributed by atoms with Crippen LogP contribution in [0.5, 0.6) is 0 Å². The summed E-state index contributed by atoms with van der Waals surface area (Å²) in [5.41, 5.74) is 0. The van der Waals surface area contributed by atoms with E-state index in [0.29, 0.717) is 0 Å². The molecule has 0 aliphatic heterocycles. The molecule has 1 nitrogen and oxygen atoms in total. The third kappa shape index (κ3) is 6.63. The maximum absolute atomic E-state index is 3.68. The predicted octanol–water partition coefficient (Wildman–Crippen LogP) is 3.40. The lowest BCUT2D eigenvalue weighted by molar-refractivity contribution is 0.425. The Bertz CT molecular complexity index is 93.1. The first-order chi connectivity index (χ1) is 5.72. The van der Waals surface area contributed by atoms with E-state index in [1.165, 1.54) is 38.8 Å². The summed E-state index contributed by atoms with van der Waals surface area (Å²) in [6.45, 7) is 7.00. The van der Waals surface area contributed by atoms with Crippen molar-refractivity contribution in [2.45, 2.75) is 39.5 Å². The van der Waals surface area contributed by atoms with Gasteiger partial charge in [0.1, 0.15) is 0 Å². The summed E-state index contributed by atoms with van der Waals surface area (Å²) in [6.07, 6.45) is 4.35. The molecule has 0 radical (unpaired) electrons. The van der Waals surface area contributed by atoms with Gasteiger partial charge in [-0.05, 0) is 25.9 Å². The molecule has 0 aromatic heterocycles. The molecule has 0 aromatic rings. The molecule has 0 spiro atoms. The molecule has 0 unspecified atom stereocenters. The second kappa shape index (κ2) is 8.72. The van der Waals surface area contributed by atoms with Gasteiger partial charge in [0.15, 0.2) is 0 Å². The van der Waals surface area contributed by atoms with Crippen molar-refractivity contribution in [3.05, 3.63) is 0 Å². The fraction of sp³-hybridized carbons (Fsp3) is 1.00. The van der Waals surface area contributed by atoms with Crippen molar-refractivity contribution in [3.8, 4) is 0 Å². The zero-order chi connectivity index (χ0) is 9.40. The van der Waals surface area contributed by atoms with Crippen molar-refractivity contribution in [2.75, 3.05) is 13.1 Å². The second-order valence-electron chi connectivity index (χ2n) is 3.02. The highest BCUT2D eigenvalue weighted by Gasteiger charge is 2.11. The molecule has 0 N–H and O–H groups in total. The minimum atomic E-state index is -0.890. The molecule has 0 saturated heterocycles. The van der Waals surface area contributed by atoms with Gasteiger partial charge in [-0.15, -0.1) is 0 Å². The van der Waals surface area contributed by atoms with Crippen LogP contribution in [0.3, 0.4) is 0 Å². The van der Waals surface area contributed by atoms with E-state index in [1.807, 2.05) is 0 Å². The smallest absolute Gasteiger partial charge is 0.257 e. The van der Waals surface area contributed by atoms with E-state index in [1.54, 1.807) is 0 Å². The van der Waals surface area contributed by atoms with Crippen LogP contribution >= 0.6 is 30.6 Å². The van der Waals surface area contributed by atoms with E-state index in [2.05, 4.69) is 49.0 Å². The number of nitrogens with zero attached hydrogens (tertiary/aromatic N) is 1. The highest BCUT2D eigenvalue weighted by molar-refractivity contribution is 9.48. The minimum absolute atomic E-state index is 0.890. The van der Waals surface area contributed by atoms with Gasteiger partial charge in [0.25, 0.3) is 6.20 Å². The van der Waals surface area contributed by atoms with Gasteiger partial charge in [-0.3, -0.25) is 0 Å². The van der Waals surface area contributed by atoms with Crippen LogP contribution in [0.15, 0.2) is 0 Å². The van der Waals surface area contributed by atoms with Gasteiger partial charge >= 0.3 is 0 Å². The predicted molar refractivity (Wildman–Crippen MR) is 66.4 cm³/mol. The van der Waals surface area contributed by atoms with Gasteiger partial charge in [-0.2, -0.15) is 0 Å². The lowest BCUT2D eigenvalue weighted by Gasteiger charge is -2.22. The highest BCUT2D eigenvalue weighted by atomic mass is 79.9. The number of rotatable bonds is 7. The fourth-order valence-corrected chi connectivity index (χ4v) is 4.24. The summed E-state index contributed by atoms with van der Waals surface area (Å²) in [5.74, 6) is 0. The Balaban J connectivity index is 3.55. The zero-order valence-electron chi connectivity index (χ0n) is 8.02. The van der Waals surface area contributed by atoms with Crippen molar-refractivity contribution in [1.29, 1.82) is 0 Å². The van der Waals surface area contributed by atoms with Crippen LogP contribution in [0.2, 0.25) is 0 Å². The number of hydrogen-bond donors (Lipinski definition) is 0. The van der Waals surface area contributed by atoms with Gasteiger partial charge in [0.2, 0.25) is 0 Å². The SMILES string of the molecule is CCCCN(CCCC)[SiH](Br)Br. The molecule has 74 valence electrons. The lowest BCUT2D eigenvalue weighted by Crippen LogP contribution is -2.32. The van der Waals surface area contributed by atoms with E-state index in [9.17, 15) is 0 Å². The maximum atomic E-state index is 3.68. The van der Waals surface area contributed by atoms with Crippen molar-refractivity contribution < 1.29 is 0 Å². The first-order valence-electron chi connectivity index (χ1n) is 4.74. The van der Waals surface area contributed by atoms with Crippen molar-refractivity contribution in [3.63, 3.8) is 0 Å². The van der Waals surface area contributed by atoms with Gasteiger partial charge in [-0.25, -0.2) is 0 Å². The zero-order valence-corrected chi connectivity index (χ0v) is 12.3. The van der Waals surface area contributed by atoms with Gasteiger partial charge < -0.3 is 4.57 Å².